The van der Waals surface area contributed by atoms with Crippen LogP contribution in [0.3, 0.4) is 0 Å². The van der Waals surface area contributed by atoms with E-state index in [0.717, 1.165) is 6.54 Å². The summed E-state index contributed by atoms with van der Waals surface area (Å²) >= 11 is 3.14. The second-order valence-electron chi connectivity index (χ2n) is 5.39. The third-order valence-electron chi connectivity index (χ3n) is 4.14. The van der Waals surface area contributed by atoms with Crippen molar-refractivity contribution in [2.24, 2.45) is 11.8 Å². The van der Waals surface area contributed by atoms with Crippen LogP contribution in [0.15, 0.2) is 16.6 Å². The number of nitrogens with one attached hydrogen (secondary N) is 1. The van der Waals surface area contributed by atoms with Crippen LogP contribution in [0.25, 0.3) is 0 Å². The molecule has 0 saturated heterocycles. The Bertz CT molecular complexity index is 430. The van der Waals surface area contributed by atoms with Crippen molar-refractivity contribution in [1.29, 1.82) is 0 Å². The molecule has 0 aliphatic heterocycles. The van der Waals surface area contributed by atoms with Gasteiger partial charge < -0.3 is 5.32 Å². The maximum absolute atomic E-state index is 14.0. The van der Waals surface area contributed by atoms with E-state index in [-0.39, 0.29) is 5.56 Å². The van der Waals surface area contributed by atoms with Crippen molar-refractivity contribution in [2.75, 3.05) is 13.6 Å². The number of benzene rings is 1. The monoisotopic (exact) mass is 331 g/mol. The molecule has 4 heteroatoms. The number of hydrogen-bond donors (Lipinski definition) is 1. The second-order valence-corrected chi connectivity index (χ2v) is 6.24. The lowest BCUT2D eigenvalue weighted by atomic mass is 9.85. The van der Waals surface area contributed by atoms with Crippen LogP contribution in [-0.2, 0) is 6.42 Å². The number of rotatable bonds is 5. The van der Waals surface area contributed by atoms with Crippen molar-refractivity contribution in [3.63, 3.8) is 0 Å². The molecule has 1 aliphatic rings. The standard InChI is InChI=1S/C15H20BrF2N/c1-19-9-11(10-4-2-3-5-10)8-12-14(17)7-6-13(16)15(12)18/h6-7,10-11,19H,2-5,8-9H2,1H3. The average Bonchev–Trinajstić information content (AvgIpc) is 2.92. The van der Waals surface area contributed by atoms with Crippen molar-refractivity contribution in [1.82, 2.24) is 5.32 Å². The molecule has 1 unspecified atom stereocenters. The molecule has 0 heterocycles. The van der Waals surface area contributed by atoms with Crippen LogP contribution >= 0.6 is 15.9 Å². The summed E-state index contributed by atoms with van der Waals surface area (Å²) in [6, 6.07) is 2.77. The smallest absolute Gasteiger partial charge is 0.143 e. The Morgan fingerprint density at radius 1 is 1.32 bits per heavy atom. The van der Waals surface area contributed by atoms with Crippen LogP contribution < -0.4 is 5.32 Å². The van der Waals surface area contributed by atoms with E-state index in [1.54, 1.807) is 0 Å². The molecule has 0 bridgehead atoms. The first kappa shape index (κ1) is 14.9. The minimum atomic E-state index is -0.445. The third kappa shape index (κ3) is 3.54. The fourth-order valence-corrected chi connectivity index (χ4v) is 3.49. The maximum atomic E-state index is 14.0. The molecule has 0 radical (unpaired) electrons. The van der Waals surface area contributed by atoms with Crippen LogP contribution in [0, 0.1) is 23.5 Å². The van der Waals surface area contributed by atoms with E-state index < -0.39 is 11.6 Å². The molecular weight excluding hydrogens is 312 g/mol. The Balaban J connectivity index is 2.18. The Morgan fingerprint density at radius 2 is 2.00 bits per heavy atom. The zero-order chi connectivity index (χ0) is 13.8. The molecule has 0 aromatic heterocycles. The minimum absolute atomic E-state index is 0.224. The summed E-state index contributed by atoms with van der Waals surface area (Å²) in [6.45, 7) is 0.816. The van der Waals surface area contributed by atoms with Crippen LogP contribution in [0.2, 0.25) is 0 Å². The predicted molar refractivity (Wildman–Crippen MR) is 77.1 cm³/mol. The third-order valence-corrected chi connectivity index (χ3v) is 4.75. The topological polar surface area (TPSA) is 12.0 Å². The fraction of sp³-hybridized carbons (Fsp3) is 0.600. The highest BCUT2D eigenvalue weighted by Gasteiger charge is 2.27. The van der Waals surface area contributed by atoms with Gasteiger partial charge in [-0.25, -0.2) is 8.78 Å². The van der Waals surface area contributed by atoms with E-state index in [9.17, 15) is 8.78 Å². The molecule has 0 spiro atoms. The average molecular weight is 332 g/mol. The molecular formula is C15H20BrF2N. The normalized spacial score (nSPS) is 17.9. The Labute approximate surface area is 121 Å². The number of hydrogen-bond acceptors (Lipinski definition) is 1. The molecule has 1 aromatic carbocycles. The molecule has 1 N–H and O–H groups in total. The van der Waals surface area contributed by atoms with Gasteiger partial charge in [0, 0.05) is 5.56 Å². The van der Waals surface area contributed by atoms with Crippen LogP contribution in [-0.4, -0.2) is 13.6 Å². The summed E-state index contributed by atoms with van der Waals surface area (Å²) in [5, 5.41) is 3.16. The fourth-order valence-electron chi connectivity index (χ4n) is 3.11. The summed E-state index contributed by atoms with van der Waals surface area (Å²) in [7, 11) is 1.90. The van der Waals surface area contributed by atoms with Gasteiger partial charge in [-0.2, -0.15) is 0 Å². The molecule has 106 valence electrons. The SMILES string of the molecule is CNCC(Cc1c(F)ccc(Br)c1F)C1CCCC1. The second kappa shape index (κ2) is 6.80. The van der Waals surface area contributed by atoms with Crippen molar-refractivity contribution >= 4 is 15.9 Å². The van der Waals surface area contributed by atoms with Crippen molar-refractivity contribution in [2.45, 2.75) is 32.1 Å². The molecule has 2 rings (SSSR count). The van der Waals surface area contributed by atoms with Gasteiger partial charge in [0.2, 0.25) is 0 Å². The van der Waals surface area contributed by atoms with E-state index in [1.165, 1.54) is 37.8 Å². The lowest BCUT2D eigenvalue weighted by molar-refractivity contribution is 0.321. The first-order valence-electron chi connectivity index (χ1n) is 6.90. The summed E-state index contributed by atoms with van der Waals surface area (Å²) in [5.41, 5.74) is 0.224. The van der Waals surface area contributed by atoms with Gasteiger partial charge in [0.15, 0.2) is 0 Å². The summed E-state index contributed by atoms with van der Waals surface area (Å²) < 4.78 is 28.2. The summed E-state index contributed by atoms with van der Waals surface area (Å²) in [4.78, 5) is 0. The highest BCUT2D eigenvalue weighted by atomic mass is 79.9. The van der Waals surface area contributed by atoms with Crippen molar-refractivity contribution < 1.29 is 8.78 Å². The van der Waals surface area contributed by atoms with Crippen molar-refractivity contribution in [3.05, 3.63) is 33.8 Å². The molecule has 0 amide bonds. The van der Waals surface area contributed by atoms with Crippen LogP contribution in [0.1, 0.15) is 31.2 Å². The van der Waals surface area contributed by atoms with E-state index in [2.05, 4.69) is 21.2 Å². The van der Waals surface area contributed by atoms with Gasteiger partial charge in [-0.3, -0.25) is 0 Å². The first-order chi connectivity index (χ1) is 9.13. The van der Waals surface area contributed by atoms with Gasteiger partial charge in [0.1, 0.15) is 11.6 Å². The Morgan fingerprint density at radius 3 is 2.63 bits per heavy atom. The molecule has 19 heavy (non-hydrogen) atoms. The molecule has 1 nitrogen and oxygen atoms in total. The van der Waals surface area contributed by atoms with E-state index in [4.69, 9.17) is 0 Å². The predicted octanol–water partition coefficient (Wildman–Crippen LogP) is 4.30. The summed E-state index contributed by atoms with van der Waals surface area (Å²) in [6.07, 6.45) is 5.33. The molecule has 1 saturated carbocycles. The first-order valence-corrected chi connectivity index (χ1v) is 7.69. The molecule has 1 aliphatic carbocycles. The van der Waals surface area contributed by atoms with Crippen LogP contribution in [0.5, 0.6) is 0 Å². The summed E-state index contributed by atoms with van der Waals surface area (Å²) in [5.74, 6) is 0.0231. The van der Waals surface area contributed by atoms with Gasteiger partial charge in [0.25, 0.3) is 0 Å². The molecule has 1 fully saturated rings. The Kier molecular flexibility index (Phi) is 5.34. The lowest BCUT2D eigenvalue weighted by Gasteiger charge is -2.24. The van der Waals surface area contributed by atoms with E-state index in [0.29, 0.717) is 22.7 Å². The Hall–Kier alpha value is -0.480. The number of halogens is 3. The lowest BCUT2D eigenvalue weighted by Crippen LogP contribution is -2.27. The molecule has 1 atom stereocenters. The van der Waals surface area contributed by atoms with Crippen molar-refractivity contribution in [3.8, 4) is 0 Å². The van der Waals surface area contributed by atoms with Crippen LogP contribution in [0.4, 0.5) is 8.78 Å². The van der Waals surface area contributed by atoms with Gasteiger partial charge in [-0.1, -0.05) is 25.7 Å². The minimum Gasteiger partial charge on any atom is -0.319 e. The quantitative estimate of drug-likeness (QED) is 0.793. The zero-order valence-electron chi connectivity index (χ0n) is 11.2. The van der Waals surface area contributed by atoms with E-state index in [1.807, 2.05) is 7.05 Å². The maximum Gasteiger partial charge on any atom is 0.143 e. The van der Waals surface area contributed by atoms with Gasteiger partial charge >= 0.3 is 0 Å². The zero-order valence-corrected chi connectivity index (χ0v) is 12.8. The van der Waals surface area contributed by atoms with Gasteiger partial charge in [-0.15, -0.1) is 0 Å². The van der Waals surface area contributed by atoms with E-state index >= 15 is 0 Å². The largest absolute Gasteiger partial charge is 0.319 e. The van der Waals surface area contributed by atoms with Gasteiger partial charge in [-0.05, 0) is 59.9 Å². The highest BCUT2D eigenvalue weighted by molar-refractivity contribution is 9.10. The molecule has 1 aromatic rings. The van der Waals surface area contributed by atoms with Gasteiger partial charge in [0.05, 0.1) is 4.47 Å². The highest BCUT2D eigenvalue weighted by Crippen LogP contribution is 2.34.